The van der Waals surface area contributed by atoms with Crippen LogP contribution in [-0.4, -0.2) is 93.8 Å². The SMILES string of the molecule is C=C[C@@]1(C)CC(=O)[C@]2(O)[C@@]3(C)[C@@H](O)CCC(C)(C)[C@@H]3[C@H](O)[C@H](OC(=O)NOC(=O)CCN(C)C)[C@@]2(C)O1. The summed E-state index contributed by atoms with van der Waals surface area (Å²) in [5.41, 5.74) is -5.83. The molecule has 0 bridgehead atoms. The number of aliphatic hydroxyl groups excluding tert-OH is 2. The van der Waals surface area contributed by atoms with Crippen LogP contribution in [0.15, 0.2) is 12.7 Å². The Bertz CT molecular complexity index is 954. The largest absolute Gasteiger partial charge is 0.441 e. The molecular weight excluding hydrogens is 484 g/mol. The molecule has 0 spiro atoms. The highest BCUT2D eigenvalue weighted by molar-refractivity contribution is 5.92. The molecule has 1 saturated heterocycles. The van der Waals surface area contributed by atoms with Crippen LogP contribution in [0.25, 0.3) is 0 Å². The maximum Gasteiger partial charge on any atom is 0.441 e. The summed E-state index contributed by atoms with van der Waals surface area (Å²) in [5.74, 6) is -2.17. The smallest absolute Gasteiger partial charge is 0.438 e. The zero-order chi connectivity index (χ0) is 28.2. The number of nitrogens with zero attached hydrogens (tertiary/aromatic N) is 1. The van der Waals surface area contributed by atoms with E-state index < -0.39 is 69.7 Å². The number of ketones is 1. The number of nitrogens with one attached hydrogen (secondary N) is 1. The zero-order valence-corrected chi connectivity index (χ0v) is 22.9. The molecule has 0 aromatic heterocycles. The van der Waals surface area contributed by atoms with E-state index in [1.165, 1.54) is 13.0 Å². The Morgan fingerprint density at radius 3 is 2.41 bits per heavy atom. The number of carbonyl (C=O) groups is 3. The number of hydroxylamine groups is 1. The maximum atomic E-state index is 13.8. The van der Waals surface area contributed by atoms with Crippen molar-refractivity contribution in [3.63, 3.8) is 0 Å². The molecule has 210 valence electrons. The number of fused-ring (bicyclic) bond motifs is 3. The highest BCUT2D eigenvalue weighted by Gasteiger charge is 2.81. The second-order valence-electron chi connectivity index (χ2n) is 12.3. The molecule has 37 heavy (non-hydrogen) atoms. The number of amides is 1. The van der Waals surface area contributed by atoms with E-state index in [1.54, 1.807) is 32.8 Å². The van der Waals surface area contributed by atoms with E-state index in [-0.39, 0.29) is 12.8 Å². The number of rotatable bonds is 5. The van der Waals surface area contributed by atoms with Crippen LogP contribution in [0, 0.1) is 16.7 Å². The van der Waals surface area contributed by atoms with Crippen molar-refractivity contribution < 1.29 is 44.0 Å². The lowest BCUT2D eigenvalue weighted by atomic mass is 9.40. The molecule has 11 heteroatoms. The Morgan fingerprint density at radius 2 is 1.84 bits per heavy atom. The molecule has 3 rings (SSSR count). The Hall–Kier alpha value is -2.05. The predicted octanol–water partition coefficient (Wildman–Crippen LogP) is 1.09. The van der Waals surface area contributed by atoms with Gasteiger partial charge in [0, 0.05) is 24.3 Å². The van der Waals surface area contributed by atoms with Crippen LogP contribution >= 0.6 is 0 Å². The van der Waals surface area contributed by atoms with E-state index in [9.17, 15) is 29.7 Å². The van der Waals surface area contributed by atoms with Crippen molar-refractivity contribution >= 4 is 17.8 Å². The average Bonchev–Trinajstić information content (AvgIpc) is 2.79. The van der Waals surface area contributed by atoms with E-state index in [2.05, 4.69) is 6.58 Å². The standard InChI is InChI=1S/C26H42N2O9/c1-9-23(4)14-16(30)26(34)24(5)15(29)10-12-22(2,3)19(24)18(32)20(25(26,6)37-23)35-21(33)27-36-17(31)11-13-28(7)8/h9,15,18-20,29,32,34H,1,10-14H2,2-8H3,(H,27,33)/t15-,18-,19-,20-,23-,24-,25+,26-/m0/s1. The van der Waals surface area contributed by atoms with Gasteiger partial charge in [0.25, 0.3) is 0 Å². The van der Waals surface area contributed by atoms with E-state index in [1.807, 2.05) is 19.3 Å². The normalized spacial score (nSPS) is 42.8. The Balaban J connectivity index is 2.03. The fourth-order valence-electron chi connectivity index (χ4n) is 7.08. The first kappa shape index (κ1) is 29.5. The number of ether oxygens (including phenoxy) is 2. The van der Waals surface area contributed by atoms with Crippen molar-refractivity contribution in [1.82, 2.24) is 10.4 Å². The molecule has 1 amide bonds. The van der Waals surface area contributed by atoms with E-state index in [4.69, 9.17) is 14.3 Å². The van der Waals surface area contributed by atoms with Gasteiger partial charge in [0.15, 0.2) is 17.5 Å². The fraction of sp³-hybridized carbons (Fsp3) is 0.808. The molecule has 0 radical (unpaired) electrons. The first-order chi connectivity index (χ1) is 16.9. The summed E-state index contributed by atoms with van der Waals surface area (Å²) in [4.78, 5) is 45.1. The molecule has 0 aromatic carbocycles. The second kappa shape index (κ2) is 9.60. The zero-order valence-electron chi connectivity index (χ0n) is 22.9. The minimum atomic E-state index is -2.34. The van der Waals surface area contributed by atoms with Gasteiger partial charge in [-0.05, 0) is 46.2 Å². The third-order valence-electron chi connectivity index (χ3n) is 8.97. The van der Waals surface area contributed by atoms with Crippen molar-refractivity contribution in [3.8, 4) is 0 Å². The second-order valence-corrected chi connectivity index (χ2v) is 12.3. The van der Waals surface area contributed by atoms with E-state index >= 15 is 0 Å². The third-order valence-corrected chi connectivity index (χ3v) is 8.97. The van der Waals surface area contributed by atoms with E-state index in [0.717, 1.165) is 0 Å². The molecule has 1 heterocycles. The van der Waals surface area contributed by atoms with Gasteiger partial charge < -0.3 is 34.5 Å². The minimum Gasteiger partial charge on any atom is -0.438 e. The molecule has 8 atom stereocenters. The van der Waals surface area contributed by atoms with Gasteiger partial charge in [0.05, 0.1) is 24.2 Å². The summed E-state index contributed by atoms with van der Waals surface area (Å²) >= 11 is 0. The monoisotopic (exact) mass is 526 g/mol. The van der Waals surface area contributed by atoms with Crippen LogP contribution in [-0.2, 0) is 23.9 Å². The van der Waals surface area contributed by atoms with Gasteiger partial charge in [0.1, 0.15) is 5.60 Å². The Kier molecular flexibility index (Phi) is 7.66. The van der Waals surface area contributed by atoms with Crippen molar-refractivity contribution in [2.24, 2.45) is 16.7 Å². The third kappa shape index (κ3) is 4.48. The summed E-state index contributed by atoms with van der Waals surface area (Å²) in [5, 5.41) is 35.4. The molecule has 0 unspecified atom stereocenters. The quantitative estimate of drug-likeness (QED) is 0.302. The van der Waals surface area contributed by atoms with Crippen LogP contribution in [0.4, 0.5) is 4.79 Å². The number of carbonyl (C=O) groups excluding carboxylic acids is 3. The van der Waals surface area contributed by atoms with Crippen LogP contribution < -0.4 is 5.48 Å². The first-order valence-electron chi connectivity index (χ1n) is 12.7. The van der Waals surface area contributed by atoms with Gasteiger partial charge in [0.2, 0.25) is 0 Å². The van der Waals surface area contributed by atoms with Gasteiger partial charge in [-0.3, -0.25) is 4.79 Å². The van der Waals surface area contributed by atoms with Crippen LogP contribution in [0.2, 0.25) is 0 Å². The summed E-state index contributed by atoms with van der Waals surface area (Å²) in [7, 11) is 3.56. The molecule has 11 nitrogen and oxygen atoms in total. The highest BCUT2D eigenvalue weighted by Crippen LogP contribution is 2.67. The highest BCUT2D eigenvalue weighted by atomic mass is 16.7. The number of Topliss-reactive ketones (excluding diaryl/α,β-unsaturated/α-hetero) is 1. The van der Waals surface area contributed by atoms with Crippen molar-refractivity contribution in [2.75, 3.05) is 20.6 Å². The maximum absolute atomic E-state index is 13.8. The molecule has 0 aromatic rings. The van der Waals surface area contributed by atoms with Gasteiger partial charge in [-0.15, -0.1) is 12.1 Å². The van der Waals surface area contributed by atoms with Crippen molar-refractivity contribution in [2.45, 2.75) is 95.4 Å². The van der Waals surface area contributed by atoms with Crippen molar-refractivity contribution in [1.29, 1.82) is 0 Å². The number of aliphatic hydroxyl groups is 3. The lowest BCUT2D eigenvalue weighted by Gasteiger charge is -2.71. The predicted molar refractivity (Wildman–Crippen MR) is 132 cm³/mol. The molecule has 3 aliphatic rings. The summed E-state index contributed by atoms with van der Waals surface area (Å²) < 4.78 is 11.9. The molecule has 2 saturated carbocycles. The topological polar surface area (TPSA) is 155 Å². The lowest BCUT2D eigenvalue weighted by Crippen LogP contribution is -2.86. The van der Waals surface area contributed by atoms with Crippen molar-refractivity contribution in [3.05, 3.63) is 12.7 Å². The number of hydrogen-bond donors (Lipinski definition) is 4. The molecular formula is C26H42N2O9. The van der Waals surface area contributed by atoms with Crippen LogP contribution in [0.5, 0.6) is 0 Å². The molecule has 1 aliphatic heterocycles. The first-order valence-corrected chi connectivity index (χ1v) is 12.7. The summed E-state index contributed by atoms with van der Waals surface area (Å²) in [6.45, 7) is 12.5. The average molecular weight is 527 g/mol. The minimum absolute atomic E-state index is 0.0125. The summed E-state index contributed by atoms with van der Waals surface area (Å²) in [6, 6.07) is 0. The lowest BCUT2D eigenvalue weighted by molar-refractivity contribution is -0.369. The molecule has 4 N–H and O–H groups in total. The van der Waals surface area contributed by atoms with Gasteiger partial charge in [-0.2, -0.15) is 0 Å². The van der Waals surface area contributed by atoms with Crippen LogP contribution in [0.1, 0.15) is 60.3 Å². The summed E-state index contributed by atoms with van der Waals surface area (Å²) in [6.07, 6.45) is -3.36. The van der Waals surface area contributed by atoms with Gasteiger partial charge in [-0.25, -0.2) is 9.59 Å². The van der Waals surface area contributed by atoms with Gasteiger partial charge >= 0.3 is 12.1 Å². The Morgan fingerprint density at radius 1 is 1.22 bits per heavy atom. The fourth-order valence-corrected chi connectivity index (χ4v) is 7.08. The van der Waals surface area contributed by atoms with Crippen LogP contribution in [0.3, 0.4) is 0 Å². The molecule has 3 fully saturated rings. The van der Waals surface area contributed by atoms with E-state index in [0.29, 0.717) is 19.4 Å². The molecule has 2 aliphatic carbocycles. The number of hydrogen-bond acceptors (Lipinski definition) is 10. The van der Waals surface area contributed by atoms with Gasteiger partial charge in [-0.1, -0.05) is 26.8 Å². The Labute approximate surface area is 218 Å².